The summed E-state index contributed by atoms with van der Waals surface area (Å²) in [5.74, 6) is 1.16. The van der Waals surface area contributed by atoms with Crippen LogP contribution < -0.4 is 10.1 Å². The van der Waals surface area contributed by atoms with E-state index < -0.39 is 0 Å². The van der Waals surface area contributed by atoms with Gasteiger partial charge >= 0.3 is 0 Å². The molecule has 0 aliphatic rings. The number of rotatable bonds is 5. The highest BCUT2D eigenvalue weighted by Crippen LogP contribution is 2.36. The zero-order chi connectivity index (χ0) is 19.4. The molecule has 1 aromatic heterocycles. The number of ether oxygens (including phenoxy) is 1. The van der Waals surface area contributed by atoms with E-state index in [1.54, 1.807) is 7.11 Å². The fourth-order valence-corrected chi connectivity index (χ4v) is 2.81. The van der Waals surface area contributed by atoms with Crippen LogP contribution in [0.3, 0.4) is 0 Å². The average molecular weight is 382 g/mol. The van der Waals surface area contributed by atoms with E-state index in [9.17, 15) is 5.11 Å². The van der Waals surface area contributed by atoms with Gasteiger partial charge in [-0.15, -0.1) is 10.2 Å². The zero-order valence-electron chi connectivity index (χ0n) is 15.5. The third-order valence-electron chi connectivity index (χ3n) is 4.29. The van der Waals surface area contributed by atoms with Crippen LogP contribution in [-0.2, 0) is 6.54 Å². The quantitative estimate of drug-likeness (QED) is 0.420. The first kappa shape index (κ1) is 18.8. The van der Waals surface area contributed by atoms with Crippen molar-refractivity contribution >= 4 is 33.9 Å². The number of aromatic nitrogens is 1. The molecule has 0 spiro atoms. The minimum atomic E-state index is -0.0207. The number of aromatic hydroxyl groups is 1. The van der Waals surface area contributed by atoms with Gasteiger partial charge in [0.2, 0.25) is 11.0 Å². The summed E-state index contributed by atoms with van der Waals surface area (Å²) in [6, 6.07) is 13.7. The summed E-state index contributed by atoms with van der Waals surface area (Å²) in [6.45, 7) is 4.76. The van der Waals surface area contributed by atoms with Crippen LogP contribution in [0.1, 0.15) is 30.9 Å². The Bertz CT molecular complexity index is 978. The number of methoxy groups -OCH3 is 1. The number of azo groups is 1. The molecular formula is C20H22N4O2S. The summed E-state index contributed by atoms with van der Waals surface area (Å²) in [5.41, 5.74) is 3.41. The molecule has 0 radical (unpaired) electrons. The van der Waals surface area contributed by atoms with Crippen molar-refractivity contribution in [2.45, 2.75) is 26.3 Å². The van der Waals surface area contributed by atoms with Gasteiger partial charge in [-0.25, -0.2) is 0 Å². The molecule has 0 saturated heterocycles. The molecule has 0 unspecified atom stereocenters. The standard InChI is InChI=1S/C20H22N4O2S/c1-12(2)14-6-9-17-16(10-14)18(19(25)22-17)23-24-20(27)21-11-13-4-7-15(26-3)8-5-13/h4-10,12,22,25H,11H2,1-3H3,(H,21,27). The molecule has 0 saturated carbocycles. The first-order chi connectivity index (χ1) is 13.0. The highest BCUT2D eigenvalue weighted by atomic mass is 32.1. The Labute approximate surface area is 163 Å². The van der Waals surface area contributed by atoms with Crippen LogP contribution in [0.25, 0.3) is 10.9 Å². The van der Waals surface area contributed by atoms with E-state index in [-0.39, 0.29) is 11.0 Å². The van der Waals surface area contributed by atoms with Gasteiger partial charge in [-0.3, -0.25) is 0 Å². The summed E-state index contributed by atoms with van der Waals surface area (Å²) < 4.78 is 5.14. The predicted octanol–water partition coefficient (Wildman–Crippen LogP) is 5.16. The smallest absolute Gasteiger partial charge is 0.218 e. The second-order valence-electron chi connectivity index (χ2n) is 6.49. The maximum atomic E-state index is 10.1. The van der Waals surface area contributed by atoms with Gasteiger partial charge in [0, 0.05) is 11.9 Å². The fourth-order valence-electron chi connectivity index (χ4n) is 2.69. The van der Waals surface area contributed by atoms with Gasteiger partial charge < -0.3 is 20.1 Å². The Morgan fingerprint density at radius 1 is 1.22 bits per heavy atom. The largest absolute Gasteiger partial charge is 0.497 e. The third kappa shape index (κ3) is 4.43. The van der Waals surface area contributed by atoms with E-state index in [1.165, 1.54) is 0 Å². The summed E-state index contributed by atoms with van der Waals surface area (Å²) in [6.07, 6.45) is 0. The minimum absolute atomic E-state index is 0.0207. The van der Waals surface area contributed by atoms with Gasteiger partial charge in [0.25, 0.3) is 0 Å². The number of fused-ring (bicyclic) bond motifs is 1. The van der Waals surface area contributed by atoms with Crippen LogP contribution in [0.5, 0.6) is 11.6 Å². The molecule has 0 aliphatic carbocycles. The van der Waals surface area contributed by atoms with Crippen LogP contribution in [0, 0.1) is 0 Å². The number of nitrogens with zero attached hydrogens (tertiary/aromatic N) is 2. The fraction of sp³-hybridized carbons (Fsp3) is 0.250. The lowest BCUT2D eigenvalue weighted by Crippen LogP contribution is -2.18. The Kier molecular flexibility index (Phi) is 5.71. The second-order valence-corrected chi connectivity index (χ2v) is 6.88. The van der Waals surface area contributed by atoms with Crippen molar-refractivity contribution < 1.29 is 9.84 Å². The number of hydrogen-bond donors (Lipinski definition) is 3. The van der Waals surface area contributed by atoms with Gasteiger partial charge in [-0.1, -0.05) is 32.0 Å². The van der Waals surface area contributed by atoms with Crippen molar-refractivity contribution in [1.29, 1.82) is 0 Å². The zero-order valence-corrected chi connectivity index (χ0v) is 16.3. The molecule has 6 nitrogen and oxygen atoms in total. The van der Waals surface area contributed by atoms with Gasteiger partial charge in [-0.2, -0.15) is 0 Å². The molecule has 27 heavy (non-hydrogen) atoms. The molecule has 1 heterocycles. The lowest BCUT2D eigenvalue weighted by Gasteiger charge is -2.05. The van der Waals surface area contributed by atoms with Crippen LogP contribution in [0.15, 0.2) is 52.7 Å². The SMILES string of the molecule is COc1ccc(CNC(=S)N=Nc2c(O)[nH]c3ccc(C(C)C)cc23)cc1. The number of thiocarbonyl (C=S) groups is 1. The Hall–Kier alpha value is -2.93. The monoisotopic (exact) mass is 382 g/mol. The number of H-pyrrole nitrogens is 1. The molecule has 7 heteroatoms. The average Bonchev–Trinajstić information content (AvgIpc) is 2.99. The van der Waals surface area contributed by atoms with Crippen LogP contribution in [0.2, 0.25) is 0 Å². The van der Waals surface area contributed by atoms with E-state index in [0.29, 0.717) is 18.2 Å². The molecule has 3 N–H and O–H groups in total. The first-order valence-electron chi connectivity index (χ1n) is 8.65. The summed E-state index contributed by atoms with van der Waals surface area (Å²) >= 11 is 5.22. The molecule has 0 aliphatic heterocycles. The van der Waals surface area contributed by atoms with E-state index in [4.69, 9.17) is 17.0 Å². The predicted molar refractivity (Wildman–Crippen MR) is 111 cm³/mol. The van der Waals surface area contributed by atoms with E-state index in [0.717, 1.165) is 27.8 Å². The van der Waals surface area contributed by atoms with Crippen molar-refractivity contribution in [1.82, 2.24) is 10.3 Å². The summed E-state index contributed by atoms with van der Waals surface area (Å²) in [7, 11) is 1.63. The molecule has 140 valence electrons. The summed E-state index contributed by atoms with van der Waals surface area (Å²) in [5, 5.41) is 22.4. The number of aromatic amines is 1. The highest BCUT2D eigenvalue weighted by molar-refractivity contribution is 7.80. The van der Waals surface area contributed by atoms with Gasteiger partial charge in [-0.05, 0) is 53.5 Å². The molecule has 2 aromatic carbocycles. The number of nitrogens with one attached hydrogen (secondary N) is 2. The van der Waals surface area contributed by atoms with Crippen molar-refractivity contribution in [2.75, 3.05) is 7.11 Å². The highest BCUT2D eigenvalue weighted by Gasteiger charge is 2.12. The van der Waals surface area contributed by atoms with Crippen LogP contribution in [-0.4, -0.2) is 22.3 Å². The van der Waals surface area contributed by atoms with E-state index in [2.05, 4.69) is 34.4 Å². The Morgan fingerprint density at radius 3 is 2.63 bits per heavy atom. The molecule has 3 aromatic rings. The van der Waals surface area contributed by atoms with Crippen molar-refractivity contribution in [3.63, 3.8) is 0 Å². The van der Waals surface area contributed by atoms with Gasteiger partial charge in [0.1, 0.15) is 5.75 Å². The molecular weight excluding hydrogens is 360 g/mol. The lowest BCUT2D eigenvalue weighted by atomic mass is 10.0. The second kappa shape index (κ2) is 8.18. The van der Waals surface area contributed by atoms with E-state index >= 15 is 0 Å². The molecule has 0 atom stereocenters. The van der Waals surface area contributed by atoms with E-state index in [1.807, 2.05) is 42.5 Å². The Morgan fingerprint density at radius 2 is 1.96 bits per heavy atom. The van der Waals surface area contributed by atoms with Crippen molar-refractivity contribution in [3.05, 3.63) is 53.6 Å². The molecule has 3 rings (SSSR count). The summed E-state index contributed by atoms with van der Waals surface area (Å²) in [4.78, 5) is 2.91. The van der Waals surface area contributed by atoms with Gasteiger partial charge in [0.05, 0.1) is 12.6 Å². The Balaban J connectivity index is 1.71. The maximum absolute atomic E-state index is 10.1. The van der Waals surface area contributed by atoms with Crippen molar-refractivity contribution in [2.24, 2.45) is 10.2 Å². The minimum Gasteiger partial charge on any atom is -0.497 e. The topological polar surface area (TPSA) is 82.0 Å². The normalized spacial score (nSPS) is 11.4. The van der Waals surface area contributed by atoms with Gasteiger partial charge in [0.15, 0.2) is 5.69 Å². The lowest BCUT2D eigenvalue weighted by molar-refractivity contribution is 0.414. The van der Waals surface area contributed by atoms with Crippen molar-refractivity contribution in [3.8, 4) is 11.6 Å². The van der Waals surface area contributed by atoms with Crippen LogP contribution >= 0.6 is 12.2 Å². The van der Waals surface area contributed by atoms with Crippen LogP contribution in [0.4, 0.5) is 5.69 Å². The third-order valence-corrected chi connectivity index (χ3v) is 4.51. The molecule has 0 fully saturated rings. The first-order valence-corrected chi connectivity index (χ1v) is 9.06. The number of hydrogen-bond acceptors (Lipinski definition) is 4. The molecule has 0 amide bonds. The maximum Gasteiger partial charge on any atom is 0.218 e. The molecule has 0 bridgehead atoms. The number of benzene rings is 2.